The first kappa shape index (κ1) is 30.9. The number of halogens is 2. The molecule has 0 spiro atoms. The monoisotopic (exact) mass is 656 g/mol. The molecule has 2 saturated heterocycles. The van der Waals surface area contributed by atoms with E-state index in [-0.39, 0.29) is 18.0 Å². The summed E-state index contributed by atoms with van der Waals surface area (Å²) in [6.45, 7) is 3.61. The first-order chi connectivity index (χ1) is 19.6. The summed E-state index contributed by atoms with van der Waals surface area (Å²) in [6.07, 6.45) is 1.81. The molecule has 3 aliphatic rings. The number of likely N-dealkylation sites (tertiary alicyclic amines) is 1. The van der Waals surface area contributed by atoms with Gasteiger partial charge in [-0.15, -0.1) is 0 Å². The van der Waals surface area contributed by atoms with E-state index < -0.39 is 15.4 Å². The number of likely N-dealkylation sites (N-methyl/N-ethyl adjacent to an activating group) is 1. The molecule has 14 heteroatoms. The van der Waals surface area contributed by atoms with Gasteiger partial charge in [-0.1, -0.05) is 64.9 Å². The molecule has 2 fully saturated rings. The number of rotatable bonds is 9. The highest BCUT2D eigenvalue weighted by atomic mass is 35.5. The molecule has 222 valence electrons. The topological polar surface area (TPSA) is 106 Å². The lowest BCUT2D eigenvalue weighted by Crippen LogP contribution is -2.44. The Labute approximate surface area is 260 Å². The molecule has 41 heavy (non-hydrogen) atoms. The van der Waals surface area contributed by atoms with E-state index in [1.807, 2.05) is 48.3 Å². The van der Waals surface area contributed by atoms with Crippen molar-refractivity contribution in [3.63, 3.8) is 0 Å². The molecule has 5 rings (SSSR count). The SMILES string of the molecule is CN1CNC(S(=O)(=O)Nc2cccc(C3CSC(SCC(=O)NC4CCN(Cc5ccc(Cl)c(Cl)c5)CC4)=N3)c2)C1. The molecule has 3 heterocycles. The number of thioether (sulfide) groups is 2. The number of carbonyl (C=O) groups excluding carboxylic acids is 1. The maximum absolute atomic E-state index is 12.8. The standard InChI is InChI=1S/C27H34Cl2N6O3S3/c1-34-14-26(30-17-34)41(37,38)33-21-4-2-3-19(12-21)24-15-39-27(32-24)40-16-25(36)31-20-7-9-35(10-8-20)13-18-5-6-22(28)23(29)11-18/h2-6,11-12,20,24,26,30,33H,7-10,13-17H2,1H3,(H,31,36). The Morgan fingerprint density at radius 2 is 1.98 bits per heavy atom. The van der Waals surface area contributed by atoms with Gasteiger partial charge in [0.2, 0.25) is 15.9 Å². The number of hydrogen-bond acceptors (Lipinski definition) is 9. The molecule has 1 amide bonds. The first-order valence-corrected chi connectivity index (χ1v) is 17.7. The summed E-state index contributed by atoms with van der Waals surface area (Å²) in [5, 5.41) is 6.68. The molecule has 0 bridgehead atoms. The van der Waals surface area contributed by atoms with Crippen LogP contribution in [0.4, 0.5) is 5.69 Å². The molecule has 9 nitrogen and oxygen atoms in total. The minimum Gasteiger partial charge on any atom is -0.353 e. The summed E-state index contributed by atoms with van der Waals surface area (Å²) in [5.41, 5.74) is 2.61. The van der Waals surface area contributed by atoms with Gasteiger partial charge < -0.3 is 5.32 Å². The second kappa shape index (κ2) is 13.9. The summed E-state index contributed by atoms with van der Waals surface area (Å²) in [5.74, 6) is 1.10. The molecule has 2 unspecified atom stereocenters. The average molecular weight is 658 g/mol. The Morgan fingerprint density at radius 1 is 1.17 bits per heavy atom. The Kier molecular flexibility index (Phi) is 10.5. The number of hydrogen-bond donors (Lipinski definition) is 3. The molecule has 0 aromatic heterocycles. The van der Waals surface area contributed by atoms with Crippen LogP contribution in [0.2, 0.25) is 10.0 Å². The number of anilines is 1. The van der Waals surface area contributed by atoms with Gasteiger partial charge in [0, 0.05) is 50.3 Å². The average Bonchev–Trinajstić information content (AvgIpc) is 3.60. The van der Waals surface area contributed by atoms with Gasteiger partial charge in [0.05, 0.1) is 21.8 Å². The highest BCUT2D eigenvalue weighted by Crippen LogP contribution is 2.35. The lowest BCUT2D eigenvalue weighted by Gasteiger charge is -2.32. The van der Waals surface area contributed by atoms with E-state index in [2.05, 4.69) is 20.3 Å². The van der Waals surface area contributed by atoms with Crippen molar-refractivity contribution in [2.45, 2.75) is 36.8 Å². The van der Waals surface area contributed by atoms with Gasteiger partial charge in [-0.3, -0.25) is 29.6 Å². The van der Waals surface area contributed by atoms with E-state index in [4.69, 9.17) is 28.2 Å². The van der Waals surface area contributed by atoms with Crippen molar-refractivity contribution in [2.24, 2.45) is 4.99 Å². The zero-order valence-corrected chi connectivity index (χ0v) is 26.6. The number of benzene rings is 2. The molecule has 0 radical (unpaired) electrons. The highest BCUT2D eigenvalue weighted by Gasteiger charge is 2.31. The quantitative estimate of drug-likeness (QED) is 0.369. The van der Waals surface area contributed by atoms with E-state index in [1.165, 1.54) is 11.8 Å². The molecule has 2 aromatic rings. The van der Waals surface area contributed by atoms with E-state index >= 15 is 0 Å². The van der Waals surface area contributed by atoms with Gasteiger partial charge in [0.1, 0.15) is 9.75 Å². The van der Waals surface area contributed by atoms with Crippen LogP contribution in [0.25, 0.3) is 0 Å². The number of amides is 1. The fourth-order valence-corrected chi connectivity index (χ4v) is 8.74. The number of piperidine rings is 1. The predicted octanol–water partition coefficient (Wildman–Crippen LogP) is 4.21. The number of nitrogens with one attached hydrogen (secondary N) is 3. The van der Waals surface area contributed by atoms with E-state index in [9.17, 15) is 13.2 Å². The summed E-state index contributed by atoms with van der Waals surface area (Å²) in [6, 6.07) is 13.2. The zero-order chi connectivity index (χ0) is 29.0. The van der Waals surface area contributed by atoms with Crippen molar-refractivity contribution < 1.29 is 13.2 Å². The Bertz CT molecular complexity index is 1390. The van der Waals surface area contributed by atoms with Crippen molar-refractivity contribution in [3.8, 4) is 0 Å². The van der Waals surface area contributed by atoms with Crippen LogP contribution in [-0.2, 0) is 21.4 Å². The number of sulfonamides is 1. The number of nitrogens with zero attached hydrogens (tertiary/aromatic N) is 3. The predicted molar refractivity (Wildman–Crippen MR) is 171 cm³/mol. The molecule has 3 aliphatic heterocycles. The molecule has 2 aromatic carbocycles. The van der Waals surface area contributed by atoms with Crippen LogP contribution in [-0.4, -0.2) is 84.8 Å². The summed E-state index contributed by atoms with van der Waals surface area (Å²) >= 11 is 15.3. The number of carbonyl (C=O) groups is 1. The van der Waals surface area contributed by atoms with E-state index in [0.717, 1.165) is 53.7 Å². The maximum Gasteiger partial charge on any atom is 0.250 e. The van der Waals surface area contributed by atoms with Crippen molar-refractivity contribution in [3.05, 3.63) is 63.6 Å². The van der Waals surface area contributed by atoms with Crippen LogP contribution in [0.15, 0.2) is 47.5 Å². The zero-order valence-electron chi connectivity index (χ0n) is 22.7. The van der Waals surface area contributed by atoms with Crippen LogP contribution in [0.1, 0.15) is 30.0 Å². The molecular weight excluding hydrogens is 623 g/mol. The van der Waals surface area contributed by atoms with Crippen LogP contribution in [0.5, 0.6) is 0 Å². The third-order valence-corrected chi connectivity index (χ3v) is 11.9. The fraction of sp³-hybridized carbons (Fsp3) is 0.481. The molecule has 3 N–H and O–H groups in total. The van der Waals surface area contributed by atoms with Gasteiger partial charge in [-0.2, -0.15) is 0 Å². The Morgan fingerprint density at radius 3 is 2.71 bits per heavy atom. The van der Waals surface area contributed by atoms with Gasteiger partial charge in [0.15, 0.2) is 0 Å². The summed E-state index contributed by atoms with van der Waals surface area (Å²) in [7, 11) is -1.67. The smallest absolute Gasteiger partial charge is 0.250 e. The number of aliphatic imine (C=N–C) groups is 1. The van der Waals surface area contributed by atoms with Gasteiger partial charge >= 0.3 is 0 Å². The largest absolute Gasteiger partial charge is 0.353 e. The maximum atomic E-state index is 12.8. The Balaban J connectivity index is 1.05. The van der Waals surface area contributed by atoms with Crippen LogP contribution >= 0.6 is 46.7 Å². The summed E-state index contributed by atoms with van der Waals surface area (Å²) < 4.78 is 29.1. The summed E-state index contributed by atoms with van der Waals surface area (Å²) in [4.78, 5) is 21.8. The fourth-order valence-electron chi connectivity index (χ4n) is 5.05. The molecular formula is C27H34Cl2N6O3S3. The lowest BCUT2D eigenvalue weighted by molar-refractivity contribution is -0.119. The van der Waals surface area contributed by atoms with Crippen molar-refractivity contribution in [1.29, 1.82) is 0 Å². The van der Waals surface area contributed by atoms with Gasteiger partial charge in [-0.25, -0.2) is 8.42 Å². The lowest BCUT2D eigenvalue weighted by atomic mass is 10.0. The van der Waals surface area contributed by atoms with Crippen LogP contribution < -0.4 is 15.4 Å². The molecule has 0 saturated carbocycles. The van der Waals surface area contributed by atoms with Crippen molar-refractivity contribution >= 4 is 72.7 Å². The van der Waals surface area contributed by atoms with E-state index in [0.29, 0.717) is 34.7 Å². The molecule has 0 aliphatic carbocycles. The molecule has 2 atom stereocenters. The van der Waals surface area contributed by atoms with E-state index in [1.54, 1.807) is 17.8 Å². The Hall–Kier alpha value is -1.51. The van der Waals surface area contributed by atoms with Crippen molar-refractivity contribution in [2.75, 3.05) is 49.6 Å². The van der Waals surface area contributed by atoms with Crippen molar-refractivity contribution in [1.82, 2.24) is 20.4 Å². The normalized spacial score (nSPS) is 22.6. The van der Waals surface area contributed by atoms with Gasteiger partial charge in [-0.05, 0) is 55.3 Å². The minimum absolute atomic E-state index is 0.0206. The third-order valence-electron chi connectivity index (χ3n) is 7.27. The first-order valence-electron chi connectivity index (χ1n) is 13.5. The van der Waals surface area contributed by atoms with Gasteiger partial charge in [0.25, 0.3) is 0 Å². The third kappa shape index (κ3) is 8.54. The minimum atomic E-state index is -3.55. The van der Waals surface area contributed by atoms with Crippen LogP contribution in [0, 0.1) is 0 Å². The van der Waals surface area contributed by atoms with Crippen LogP contribution in [0.3, 0.4) is 0 Å². The second-order valence-corrected chi connectivity index (χ2v) is 15.4. The second-order valence-electron chi connectivity index (χ2n) is 10.5. The highest BCUT2D eigenvalue weighted by molar-refractivity contribution is 8.39.